The van der Waals surface area contributed by atoms with Crippen molar-refractivity contribution in [1.82, 2.24) is 0 Å². The zero-order chi connectivity index (χ0) is 10.4. The number of benzene rings is 1. The van der Waals surface area contributed by atoms with E-state index in [-0.39, 0.29) is 6.10 Å². The Bertz CT molecular complexity index is 291. The van der Waals surface area contributed by atoms with Gasteiger partial charge < -0.3 is 5.11 Å². The molecule has 0 aromatic heterocycles. The van der Waals surface area contributed by atoms with E-state index in [4.69, 9.17) is 6.58 Å². The molecule has 1 aromatic rings. The number of hydrogen-bond donors (Lipinski definition) is 1. The van der Waals surface area contributed by atoms with Crippen molar-refractivity contribution in [3.63, 3.8) is 0 Å². The maximum Gasteiger partial charge on any atom is 0.0795 e. The minimum atomic E-state index is -0.383. The maximum absolute atomic E-state index is 9.89. The molecule has 1 nitrogen and oxygen atoms in total. The SMILES string of the molecule is [CH]=Cc1ccccc1C(O)CCCC. The van der Waals surface area contributed by atoms with Gasteiger partial charge in [-0.15, -0.1) is 0 Å². The van der Waals surface area contributed by atoms with E-state index in [0.717, 1.165) is 30.4 Å². The van der Waals surface area contributed by atoms with E-state index in [2.05, 4.69) is 6.92 Å². The molecule has 0 saturated heterocycles. The summed E-state index contributed by atoms with van der Waals surface area (Å²) in [6.07, 6.45) is 4.11. The van der Waals surface area contributed by atoms with Crippen LogP contribution in [0.1, 0.15) is 43.4 Å². The monoisotopic (exact) mass is 189 g/mol. The van der Waals surface area contributed by atoms with E-state index in [1.54, 1.807) is 6.08 Å². The molecule has 0 bridgehead atoms. The molecule has 1 aromatic carbocycles. The summed E-state index contributed by atoms with van der Waals surface area (Å²) in [6, 6.07) is 7.70. The van der Waals surface area contributed by atoms with Gasteiger partial charge in [-0.1, -0.05) is 56.7 Å². The zero-order valence-corrected chi connectivity index (χ0v) is 8.61. The normalized spacial score (nSPS) is 12.4. The van der Waals surface area contributed by atoms with E-state index >= 15 is 0 Å². The van der Waals surface area contributed by atoms with Gasteiger partial charge in [0.05, 0.1) is 6.10 Å². The fourth-order valence-corrected chi connectivity index (χ4v) is 1.52. The van der Waals surface area contributed by atoms with E-state index in [1.165, 1.54) is 0 Å². The van der Waals surface area contributed by atoms with Crippen molar-refractivity contribution in [1.29, 1.82) is 0 Å². The average Bonchev–Trinajstić information content (AvgIpc) is 2.25. The summed E-state index contributed by atoms with van der Waals surface area (Å²) in [5.41, 5.74) is 1.86. The van der Waals surface area contributed by atoms with Crippen LogP contribution in [-0.2, 0) is 0 Å². The summed E-state index contributed by atoms with van der Waals surface area (Å²) in [6.45, 7) is 7.60. The Morgan fingerprint density at radius 3 is 2.79 bits per heavy atom. The van der Waals surface area contributed by atoms with E-state index in [1.807, 2.05) is 24.3 Å². The quantitative estimate of drug-likeness (QED) is 0.753. The molecule has 0 aliphatic rings. The Morgan fingerprint density at radius 1 is 1.43 bits per heavy atom. The summed E-state index contributed by atoms with van der Waals surface area (Å²) in [5.74, 6) is 0. The van der Waals surface area contributed by atoms with Crippen LogP contribution in [0, 0.1) is 6.58 Å². The van der Waals surface area contributed by atoms with Gasteiger partial charge in [-0.3, -0.25) is 0 Å². The molecule has 1 N–H and O–H groups in total. The minimum absolute atomic E-state index is 0.383. The molecule has 1 heteroatoms. The molecule has 1 radical (unpaired) electrons. The first-order valence-electron chi connectivity index (χ1n) is 5.11. The topological polar surface area (TPSA) is 20.2 Å². The van der Waals surface area contributed by atoms with Gasteiger partial charge >= 0.3 is 0 Å². The van der Waals surface area contributed by atoms with Gasteiger partial charge in [-0.25, -0.2) is 0 Å². The lowest BCUT2D eigenvalue weighted by Gasteiger charge is -2.12. The Labute approximate surface area is 86.1 Å². The highest BCUT2D eigenvalue weighted by atomic mass is 16.3. The van der Waals surface area contributed by atoms with Gasteiger partial charge in [-0.05, 0) is 17.5 Å². The van der Waals surface area contributed by atoms with Crippen molar-refractivity contribution < 1.29 is 5.11 Å². The van der Waals surface area contributed by atoms with Crippen LogP contribution in [0.15, 0.2) is 24.3 Å². The molecule has 0 aliphatic heterocycles. The second kappa shape index (κ2) is 5.61. The summed E-state index contributed by atoms with van der Waals surface area (Å²) in [5, 5.41) is 9.89. The first-order chi connectivity index (χ1) is 6.79. The Hall–Kier alpha value is -1.08. The van der Waals surface area contributed by atoms with Crippen LogP contribution in [0.5, 0.6) is 0 Å². The molecular weight excluding hydrogens is 172 g/mol. The molecule has 0 saturated carbocycles. The van der Waals surface area contributed by atoms with Crippen molar-refractivity contribution in [2.24, 2.45) is 0 Å². The molecular formula is C13H17O. The largest absolute Gasteiger partial charge is 0.388 e. The molecule has 14 heavy (non-hydrogen) atoms. The predicted molar refractivity (Wildman–Crippen MR) is 59.7 cm³/mol. The zero-order valence-electron chi connectivity index (χ0n) is 8.61. The van der Waals surface area contributed by atoms with Crippen LogP contribution in [0.3, 0.4) is 0 Å². The molecule has 1 atom stereocenters. The molecule has 75 valence electrons. The Balaban J connectivity index is 2.77. The first-order valence-corrected chi connectivity index (χ1v) is 5.11. The third-order valence-corrected chi connectivity index (χ3v) is 2.37. The number of aliphatic hydroxyl groups is 1. The van der Waals surface area contributed by atoms with E-state index in [0.29, 0.717) is 0 Å². The minimum Gasteiger partial charge on any atom is -0.388 e. The van der Waals surface area contributed by atoms with Crippen LogP contribution in [-0.4, -0.2) is 5.11 Å². The summed E-state index contributed by atoms with van der Waals surface area (Å²) in [4.78, 5) is 0. The lowest BCUT2D eigenvalue weighted by molar-refractivity contribution is 0.164. The number of hydrogen-bond acceptors (Lipinski definition) is 1. The van der Waals surface area contributed by atoms with Crippen LogP contribution < -0.4 is 0 Å². The highest BCUT2D eigenvalue weighted by molar-refractivity contribution is 5.51. The van der Waals surface area contributed by atoms with Crippen molar-refractivity contribution >= 4 is 6.08 Å². The predicted octanol–water partition coefficient (Wildman–Crippen LogP) is 3.36. The summed E-state index contributed by atoms with van der Waals surface area (Å²) < 4.78 is 0. The fraction of sp³-hybridized carbons (Fsp3) is 0.385. The van der Waals surface area contributed by atoms with Gasteiger partial charge in [-0.2, -0.15) is 0 Å². The van der Waals surface area contributed by atoms with Crippen molar-refractivity contribution in [3.8, 4) is 0 Å². The van der Waals surface area contributed by atoms with Crippen molar-refractivity contribution in [2.45, 2.75) is 32.3 Å². The lowest BCUT2D eigenvalue weighted by Crippen LogP contribution is -1.99. The number of rotatable bonds is 5. The van der Waals surface area contributed by atoms with Crippen LogP contribution >= 0.6 is 0 Å². The number of aliphatic hydroxyl groups excluding tert-OH is 1. The second-order valence-electron chi connectivity index (χ2n) is 3.45. The molecule has 1 rings (SSSR count). The van der Waals surface area contributed by atoms with Crippen LogP contribution in [0.4, 0.5) is 0 Å². The first kappa shape index (κ1) is 11.0. The second-order valence-corrected chi connectivity index (χ2v) is 3.45. The highest BCUT2D eigenvalue weighted by Gasteiger charge is 2.08. The van der Waals surface area contributed by atoms with Gasteiger partial charge in [0.2, 0.25) is 0 Å². The highest BCUT2D eigenvalue weighted by Crippen LogP contribution is 2.23. The molecule has 0 aliphatic carbocycles. The lowest BCUT2D eigenvalue weighted by atomic mass is 9.99. The standard InChI is InChI=1S/C13H17O/c1-3-5-10-13(14)12-9-7-6-8-11(12)4-2/h2,4,6-9,13-14H,3,5,10H2,1H3. The smallest absolute Gasteiger partial charge is 0.0795 e. The molecule has 0 spiro atoms. The van der Waals surface area contributed by atoms with Gasteiger partial charge in [0, 0.05) is 0 Å². The molecule has 0 amide bonds. The fourth-order valence-electron chi connectivity index (χ4n) is 1.52. The average molecular weight is 189 g/mol. The Morgan fingerprint density at radius 2 is 2.14 bits per heavy atom. The van der Waals surface area contributed by atoms with Crippen molar-refractivity contribution in [2.75, 3.05) is 0 Å². The van der Waals surface area contributed by atoms with Gasteiger partial charge in [0.25, 0.3) is 0 Å². The Kier molecular flexibility index (Phi) is 4.41. The van der Waals surface area contributed by atoms with Gasteiger partial charge in [0.15, 0.2) is 0 Å². The molecule has 0 fully saturated rings. The third kappa shape index (κ3) is 2.71. The van der Waals surface area contributed by atoms with Crippen LogP contribution in [0.25, 0.3) is 6.08 Å². The molecule has 0 heterocycles. The summed E-state index contributed by atoms with van der Waals surface area (Å²) in [7, 11) is 0. The van der Waals surface area contributed by atoms with Crippen molar-refractivity contribution in [3.05, 3.63) is 42.0 Å². The maximum atomic E-state index is 9.89. The van der Waals surface area contributed by atoms with Crippen LogP contribution in [0.2, 0.25) is 0 Å². The number of unbranched alkanes of at least 4 members (excludes halogenated alkanes) is 1. The molecule has 1 unspecified atom stereocenters. The summed E-state index contributed by atoms with van der Waals surface area (Å²) >= 11 is 0. The van der Waals surface area contributed by atoms with E-state index in [9.17, 15) is 5.11 Å². The van der Waals surface area contributed by atoms with E-state index < -0.39 is 0 Å². The third-order valence-electron chi connectivity index (χ3n) is 2.37. The van der Waals surface area contributed by atoms with Gasteiger partial charge in [0.1, 0.15) is 0 Å².